The van der Waals surface area contributed by atoms with Crippen molar-refractivity contribution in [2.24, 2.45) is 0 Å². The molecule has 1 aromatic heterocycles. The number of hydrogen-bond acceptors (Lipinski definition) is 6. The van der Waals surface area contributed by atoms with Crippen molar-refractivity contribution < 1.29 is 9.47 Å². The molecule has 0 radical (unpaired) electrons. The fourth-order valence-corrected chi connectivity index (χ4v) is 1.73. The highest BCUT2D eigenvalue weighted by Gasteiger charge is 2.08. The van der Waals surface area contributed by atoms with Crippen LogP contribution >= 0.6 is 0 Å². The number of ether oxygens (including phenoxy) is 2. The second kappa shape index (κ2) is 5.96. The molecule has 0 unspecified atom stereocenters. The van der Waals surface area contributed by atoms with Gasteiger partial charge in [-0.05, 0) is 12.1 Å². The molecule has 0 bridgehead atoms. The number of hydrogen-bond donors (Lipinski definition) is 3. The summed E-state index contributed by atoms with van der Waals surface area (Å²) in [6.45, 7) is 0.424. The summed E-state index contributed by atoms with van der Waals surface area (Å²) >= 11 is 0. The number of aromatic nitrogens is 2. The zero-order valence-electron chi connectivity index (χ0n) is 11.3. The first-order chi connectivity index (χ1) is 9.65. The zero-order chi connectivity index (χ0) is 14.5. The molecule has 0 fully saturated rings. The van der Waals surface area contributed by atoms with Gasteiger partial charge >= 0.3 is 0 Å². The van der Waals surface area contributed by atoms with Crippen LogP contribution in [0, 0.1) is 0 Å². The summed E-state index contributed by atoms with van der Waals surface area (Å²) in [4.78, 5) is 17.7. The molecule has 7 heteroatoms. The lowest BCUT2D eigenvalue weighted by molar-refractivity contribution is 0.391. The summed E-state index contributed by atoms with van der Waals surface area (Å²) in [7, 11) is 3.17. The van der Waals surface area contributed by atoms with Crippen LogP contribution in [0.3, 0.4) is 0 Å². The van der Waals surface area contributed by atoms with Gasteiger partial charge in [-0.2, -0.15) is 0 Å². The lowest BCUT2D eigenvalue weighted by Crippen LogP contribution is -2.16. The SMILES string of the molecule is COc1ccc(CNc2nc[nH]c(=O)c2N)c(OC)c1. The van der Waals surface area contributed by atoms with Crippen molar-refractivity contribution in [3.05, 3.63) is 40.4 Å². The van der Waals surface area contributed by atoms with Gasteiger partial charge in [0.2, 0.25) is 0 Å². The van der Waals surface area contributed by atoms with E-state index >= 15 is 0 Å². The maximum atomic E-state index is 11.4. The Morgan fingerprint density at radius 2 is 2.15 bits per heavy atom. The molecular formula is C13H16N4O3. The van der Waals surface area contributed by atoms with Gasteiger partial charge in [-0.3, -0.25) is 4.79 Å². The van der Waals surface area contributed by atoms with E-state index in [1.165, 1.54) is 6.33 Å². The third-order valence-corrected chi connectivity index (χ3v) is 2.83. The van der Waals surface area contributed by atoms with Gasteiger partial charge < -0.3 is 25.5 Å². The van der Waals surface area contributed by atoms with Crippen LogP contribution < -0.4 is 26.1 Å². The molecule has 4 N–H and O–H groups in total. The summed E-state index contributed by atoms with van der Waals surface area (Å²) in [5.41, 5.74) is 6.23. The van der Waals surface area contributed by atoms with E-state index in [2.05, 4.69) is 15.3 Å². The number of aromatic amines is 1. The zero-order valence-corrected chi connectivity index (χ0v) is 11.3. The van der Waals surface area contributed by atoms with E-state index in [-0.39, 0.29) is 11.2 Å². The summed E-state index contributed by atoms with van der Waals surface area (Å²) in [5.74, 6) is 1.73. The molecule has 0 aliphatic heterocycles. The van der Waals surface area contributed by atoms with Crippen molar-refractivity contribution in [1.29, 1.82) is 0 Å². The number of nitrogens with zero attached hydrogens (tertiary/aromatic N) is 1. The van der Waals surface area contributed by atoms with Gasteiger partial charge in [0.25, 0.3) is 5.56 Å². The van der Waals surface area contributed by atoms with Gasteiger partial charge in [0.1, 0.15) is 17.2 Å². The minimum Gasteiger partial charge on any atom is -0.497 e. The Morgan fingerprint density at radius 3 is 2.85 bits per heavy atom. The van der Waals surface area contributed by atoms with E-state index in [1.54, 1.807) is 20.3 Å². The number of benzene rings is 1. The van der Waals surface area contributed by atoms with Crippen LogP contribution in [0.1, 0.15) is 5.56 Å². The summed E-state index contributed by atoms with van der Waals surface area (Å²) < 4.78 is 10.4. The van der Waals surface area contributed by atoms with E-state index in [9.17, 15) is 4.79 Å². The number of H-pyrrole nitrogens is 1. The largest absolute Gasteiger partial charge is 0.497 e. The molecule has 0 aliphatic rings. The molecule has 0 saturated carbocycles. The second-order valence-electron chi connectivity index (χ2n) is 4.03. The van der Waals surface area contributed by atoms with Crippen molar-refractivity contribution in [3.63, 3.8) is 0 Å². The predicted octanol–water partition coefficient (Wildman–Crippen LogP) is 0.981. The molecular weight excluding hydrogens is 260 g/mol. The molecule has 7 nitrogen and oxygen atoms in total. The molecule has 0 atom stereocenters. The molecule has 1 heterocycles. The van der Waals surface area contributed by atoms with E-state index in [0.29, 0.717) is 23.9 Å². The van der Waals surface area contributed by atoms with Gasteiger partial charge in [-0.15, -0.1) is 0 Å². The standard InChI is InChI=1S/C13H16N4O3/c1-19-9-4-3-8(10(5-9)20-2)6-15-12-11(14)13(18)17-7-16-12/h3-5,7H,6,14H2,1-2H3,(H2,15,16,17,18). The fraction of sp³-hybridized carbons (Fsp3) is 0.231. The minimum absolute atomic E-state index is 0.0555. The van der Waals surface area contributed by atoms with Gasteiger partial charge in [0, 0.05) is 18.2 Å². The smallest absolute Gasteiger partial charge is 0.276 e. The molecule has 0 saturated heterocycles. The number of methoxy groups -OCH3 is 2. The predicted molar refractivity (Wildman–Crippen MR) is 76.1 cm³/mol. The van der Waals surface area contributed by atoms with Crippen LogP contribution in [0.5, 0.6) is 11.5 Å². The van der Waals surface area contributed by atoms with Crippen LogP contribution in [0.15, 0.2) is 29.3 Å². The highest BCUT2D eigenvalue weighted by atomic mass is 16.5. The first-order valence-electron chi connectivity index (χ1n) is 5.93. The molecule has 0 aliphatic carbocycles. The topological polar surface area (TPSA) is 102 Å². The number of nitrogens with one attached hydrogen (secondary N) is 2. The molecule has 106 valence electrons. The van der Waals surface area contributed by atoms with Crippen molar-refractivity contribution in [3.8, 4) is 11.5 Å². The Kier molecular flexibility index (Phi) is 4.09. The van der Waals surface area contributed by atoms with Crippen molar-refractivity contribution >= 4 is 11.5 Å². The first kappa shape index (κ1) is 13.7. The third-order valence-electron chi connectivity index (χ3n) is 2.83. The molecule has 2 aromatic rings. The normalized spacial score (nSPS) is 10.1. The summed E-state index contributed by atoms with van der Waals surface area (Å²) in [6.07, 6.45) is 1.30. The molecule has 20 heavy (non-hydrogen) atoms. The van der Waals surface area contributed by atoms with Gasteiger partial charge in [-0.1, -0.05) is 0 Å². The van der Waals surface area contributed by atoms with E-state index in [1.807, 2.05) is 12.1 Å². The highest BCUT2D eigenvalue weighted by molar-refractivity contribution is 5.59. The van der Waals surface area contributed by atoms with Crippen LogP contribution in [-0.2, 0) is 6.54 Å². The molecule has 2 rings (SSSR count). The van der Waals surface area contributed by atoms with Crippen LogP contribution in [-0.4, -0.2) is 24.2 Å². The van der Waals surface area contributed by atoms with Crippen molar-refractivity contribution in [2.75, 3.05) is 25.3 Å². The van der Waals surface area contributed by atoms with E-state index in [4.69, 9.17) is 15.2 Å². The average molecular weight is 276 g/mol. The molecule has 1 aromatic carbocycles. The number of anilines is 2. The Bertz CT molecular complexity index is 654. The van der Waals surface area contributed by atoms with Crippen molar-refractivity contribution in [2.45, 2.75) is 6.54 Å². The van der Waals surface area contributed by atoms with Crippen LogP contribution in [0.4, 0.5) is 11.5 Å². The van der Waals surface area contributed by atoms with Crippen LogP contribution in [0.2, 0.25) is 0 Å². The third kappa shape index (κ3) is 2.82. The highest BCUT2D eigenvalue weighted by Crippen LogP contribution is 2.25. The minimum atomic E-state index is -0.371. The number of nitrogens with two attached hydrogens (primary N) is 1. The van der Waals surface area contributed by atoms with Gasteiger partial charge in [-0.25, -0.2) is 4.98 Å². The summed E-state index contributed by atoms with van der Waals surface area (Å²) in [6, 6.07) is 5.48. The lowest BCUT2D eigenvalue weighted by Gasteiger charge is -2.12. The maximum absolute atomic E-state index is 11.4. The first-order valence-corrected chi connectivity index (χ1v) is 5.93. The number of nitrogen functional groups attached to an aromatic ring is 1. The summed E-state index contributed by atoms with van der Waals surface area (Å²) in [5, 5.41) is 3.01. The molecule has 0 amide bonds. The number of rotatable bonds is 5. The van der Waals surface area contributed by atoms with Crippen LogP contribution in [0.25, 0.3) is 0 Å². The van der Waals surface area contributed by atoms with E-state index < -0.39 is 0 Å². The van der Waals surface area contributed by atoms with Crippen molar-refractivity contribution in [1.82, 2.24) is 9.97 Å². The quantitative estimate of drug-likeness (QED) is 0.752. The monoisotopic (exact) mass is 276 g/mol. The Labute approximate surface area is 115 Å². The average Bonchev–Trinajstić information content (AvgIpc) is 2.48. The maximum Gasteiger partial charge on any atom is 0.276 e. The molecule has 0 spiro atoms. The fourth-order valence-electron chi connectivity index (χ4n) is 1.73. The Hall–Kier alpha value is -2.70. The van der Waals surface area contributed by atoms with E-state index in [0.717, 1.165) is 5.56 Å². The Morgan fingerprint density at radius 1 is 1.35 bits per heavy atom. The Balaban J connectivity index is 2.18. The lowest BCUT2D eigenvalue weighted by atomic mass is 10.2. The van der Waals surface area contributed by atoms with Gasteiger partial charge in [0.05, 0.1) is 20.5 Å². The second-order valence-corrected chi connectivity index (χ2v) is 4.03. The van der Waals surface area contributed by atoms with Gasteiger partial charge in [0.15, 0.2) is 5.82 Å².